The van der Waals surface area contributed by atoms with E-state index < -0.39 is 11.8 Å². The molecule has 0 aliphatic carbocycles. The summed E-state index contributed by atoms with van der Waals surface area (Å²) >= 11 is 0. The Morgan fingerprint density at radius 1 is 1.29 bits per heavy atom. The summed E-state index contributed by atoms with van der Waals surface area (Å²) in [5.41, 5.74) is 0.725. The molecule has 1 saturated heterocycles. The third-order valence-electron chi connectivity index (χ3n) is 4.00. The van der Waals surface area contributed by atoms with E-state index in [1.807, 2.05) is 13.8 Å². The number of piperidine rings is 1. The molecule has 1 aliphatic rings. The van der Waals surface area contributed by atoms with E-state index in [1.165, 1.54) is 6.42 Å². The summed E-state index contributed by atoms with van der Waals surface area (Å²) in [6.07, 6.45) is 2.66. The van der Waals surface area contributed by atoms with Crippen LogP contribution in [0.15, 0.2) is 9.32 Å². The van der Waals surface area contributed by atoms with E-state index in [1.54, 1.807) is 0 Å². The second-order valence-corrected chi connectivity index (χ2v) is 6.40. The summed E-state index contributed by atoms with van der Waals surface area (Å²) in [7, 11) is 0. The van der Waals surface area contributed by atoms with E-state index in [2.05, 4.69) is 20.2 Å². The molecule has 0 spiro atoms. The van der Waals surface area contributed by atoms with Gasteiger partial charge in [0.1, 0.15) is 5.82 Å². The number of anilines is 2. The lowest BCUT2D eigenvalue weighted by atomic mass is 10.0. The van der Waals surface area contributed by atoms with Gasteiger partial charge in [-0.2, -0.15) is 4.98 Å². The molecule has 9 heteroatoms. The summed E-state index contributed by atoms with van der Waals surface area (Å²) in [5.74, 6) is 0.424. The predicted octanol–water partition coefficient (Wildman–Crippen LogP) is 1.96. The van der Waals surface area contributed by atoms with E-state index in [4.69, 9.17) is 4.52 Å². The van der Waals surface area contributed by atoms with E-state index in [-0.39, 0.29) is 17.5 Å². The summed E-state index contributed by atoms with van der Waals surface area (Å²) in [6, 6.07) is 0. The fourth-order valence-electron chi connectivity index (χ4n) is 3.06. The fourth-order valence-corrected chi connectivity index (χ4v) is 3.06. The lowest BCUT2D eigenvalue weighted by Gasteiger charge is -2.30. The lowest BCUT2D eigenvalue weighted by Crippen LogP contribution is -2.32. The van der Waals surface area contributed by atoms with Crippen molar-refractivity contribution < 1.29 is 14.4 Å². The molecule has 0 atom stereocenters. The minimum Gasteiger partial charge on any atom is -0.465 e. The number of nitrogens with zero attached hydrogens (tertiary/aromatic N) is 4. The molecule has 0 bridgehead atoms. The Kier molecular flexibility index (Phi) is 4.41. The van der Waals surface area contributed by atoms with Crippen LogP contribution in [0, 0.1) is 5.92 Å². The zero-order chi connectivity index (χ0) is 17.3. The molecular weight excluding hydrogens is 314 g/mol. The number of amides is 1. The van der Waals surface area contributed by atoms with Crippen molar-refractivity contribution >= 4 is 23.5 Å². The Balaban J connectivity index is 2.22. The molecule has 0 unspecified atom stereocenters. The topological polar surface area (TPSA) is 113 Å². The number of fused-ring (bicyclic) bond motifs is 1. The van der Waals surface area contributed by atoms with Crippen LogP contribution in [0.4, 0.5) is 16.4 Å². The number of hydrogen-bond acceptors (Lipinski definition) is 6. The Bertz CT molecular complexity index is 804. The highest BCUT2D eigenvalue weighted by Crippen LogP contribution is 2.31. The number of rotatable bonds is 4. The van der Waals surface area contributed by atoms with Crippen molar-refractivity contribution in [1.29, 1.82) is 0 Å². The van der Waals surface area contributed by atoms with Gasteiger partial charge in [0, 0.05) is 18.7 Å². The molecule has 1 aliphatic heterocycles. The molecule has 1 amide bonds. The van der Waals surface area contributed by atoms with Gasteiger partial charge in [-0.1, -0.05) is 13.8 Å². The van der Waals surface area contributed by atoms with Crippen LogP contribution in [-0.2, 0) is 6.42 Å². The van der Waals surface area contributed by atoms with Gasteiger partial charge in [-0.15, -0.1) is 9.56 Å². The third-order valence-corrected chi connectivity index (χ3v) is 4.00. The summed E-state index contributed by atoms with van der Waals surface area (Å²) in [4.78, 5) is 33.1. The molecule has 1 fully saturated rings. The van der Waals surface area contributed by atoms with Crippen LogP contribution in [-0.4, -0.2) is 38.8 Å². The number of hydrogen-bond donors (Lipinski definition) is 2. The molecule has 24 heavy (non-hydrogen) atoms. The number of nitrogens with one attached hydrogen (secondary N) is 1. The summed E-state index contributed by atoms with van der Waals surface area (Å²) in [6.45, 7) is 5.78. The van der Waals surface area contributed by atoms with Crippen LogP contribution in [0.3, 0.4) is 0 Å². The first-order valence-corrected chi connectivity index (χ1v) is 8.13. The second-order valence-electron chi connectivity index (χ2n) is 6.40. The minimum atomic E-state index is -1.23. The van der Waals surface area contributed by atoms with Crippen LogP contribution in [0.25, 0.3) is 5.78 Å². The zero-order valence-corrected chi connectivity index (χ0v) is 13.8. The van der Waals surface area contributed by atoms with Crippen LogP contribution >= 0.6 is 0 Å². The molecule has 0 aromatic carbocycles. The number of aromatic nitrogens is 3. The third kappa shape index (κ3) is 3.19. The average Bonchev–Trinajstić information content (AvgIpc) is 2.90. The van der Waals surface area contributed by atoms with Crippen molar-refractivity contribution in [2.75, 3.05) is 23.3 Å². The Hall–Kier alpha value is -2.58. The van der Waals surface area contributed by atoms with Crippen molar-refractivity contribution in [2.24, 2.45) is 5.92 Å². The molecule has 3 heterocycles. The first kappa shape index (κ1) is 16.3. The van der Waals surface area contributed by atoms with Gasteiger partial charge in [-0.3, -0.25) is 5.32 Å². The SMILES string of the molecule is CC(C)Cc1c(N2CCCCC2)nc2nc(=O)on2c1NC(=O)O. The Morgan fingerprint density at radius 2 is 2.00 bits per heavy atom. The maximum atomic E-state index is 11.5. The number of carbonyl (C=O) groups is 1. The van der Waals surface area contributed by atoms with Crippen molar-refractivity contribution in [3.8, 4) is 0 Å². The van der Waals surface area contributed by atoms with E-state index in [0.29, 0.717) is 12.2 Å². The van der Waals surface area contributed by atoms with Crippen LogP contribution in [0.2, 0.25) is 0 Å². The molecule has 2 N–H and O–H groups in total. The quantitative estimate of drug-likeness (QED) is 0.878. The molecule has 2 aromatic rings. The van der Waals surface area contributed by atoms with Crippen molar-refractivity contribution in [3.05, 3.63) is 16.1 Å². The van der Waals surface area contributed by atoms with Crippen molar-refractivity contribution in [3.63, 3.8) is 0 Å². The maximum Gasteiger partial charge on any atom is 0.461 e. The standard InChI is InChI=1S/C15H21N5O4/c1-9(2)8-10-11(19-6-4-3-5-7-19)16-13-18-15(23)24-20(13)12(10)17-14(21)22/h9,17H,3-8H2,1-2H3,(H,21,22). The highest BCUT2D eigenvalue weighted by molar-refractivity contribution is 5.84. The summed E-state index contributed by atoms with van der Waals surface area (Å²) in [5, 5.41) is 11.5. The average molecular weight is 335 g/mol. The molecule has 2 aromatic heterocycles. The molecule has 3 rings (SSSR count). The predicted molar refractivity (Wildman–Crippen MR) is 87.8 cm³/mol. The first-order valence-electron chi connectivity index (χ1n) is 8.13. The molecular formula is C15H21N5O4. The van der Waals surface area contributed by atoms with Gasteiger partial charge in [0.25, 0.3) is 5.78 Å². The van der Waals surface area contributed by atoms with Crippen LogP contribution < -0.4 is 16.0 Å². The first-order chi connectivity index (χ1) is 11.5. The van der Waals surface area contributed by atoms with Crippen molar-refractivity contribution in [1.82, 2.24) is 14.5 Å². The highest BCUT2D eigenvalue weighted by atomic mass is 16.5. The van der Waals surface area contributed by atoms with Crippen molar-refractivity contribution in [2.45, 2.75) is 39.5 Å². The van der Waals surface area contributed by atoms with E-state index in [0.717, 1.165) is 36.1 Å². The monoisotopic (exact) mass is 335 g/mol. The van der Waals surface area contributed by atoms with Gasteiger partial charge in [0.2, 0.25) is 0 Å². The molecule has 130 valence electrons. The lowest BCUT2D eigenvalue weighted by molar-refractivity contribution is 0.209. The normalized spacial score (nSPS) is 15.2. The minimum absolute atomic E-state index is 0.0665. The van der Waals surface area contributed by atoms with Gasteiger partial charge in [0.15, 0.2) is 5.82 Å². The smallest absolute Gasteiger partial charge is 0.461 e. The largest absolute Gasteiger partial charge is 0.465 e. The Labute approximate surface area is 138 Å². The van der Waals surface area contributed by atoms with Crippen LogP contribution in [0.5, 0.6) is 0 Å². The van der Waals surface area contributed by atoms with E-state index >= 15 is 0 Å². The van der Waals surface area contributed by atoms with Crippen LogP contribution in [0.1, 0.15) is 38.7 Å². The molecule has 0 saturated carbocycles. The Morgan fingerprint density at radius 3 is 2.62 bits per heavy atom. The fraction of sp³-hybridized carbons (Fsp3) is 0.600. The van der Waals surface area contributed by atoms with Gasteiger partial charge >= 0.3 is 11.8 Å². The maximum absolute atomic E-state index is 11.5. The number of carboxylic acid groups (broad SMARTS) is 1. The van der Waals surface area contributed by atoms with Gasteiger partial charge in [0.05, 0.1) is 0 Å². The second kappa shape index (κ2) is 6.50. The summed E-state index contributed by atoms with van der Waals surface area (Å²) < 4.78 is 6.08. The van der Waals surface area contributed by atoms with E-state index in [9.17, 15) is 14.7 Å². The van der Waals surface area contributed by atoms with Gasteiger partial charge in [-0.25, -0.2) is 9.59 Å². The molecule has 9 nitrogen and oxygen atoms in total. The molecule has 0 radical (unpaired) electrons. The zero-order valence-electron chi connectivity index (χ0n) is 13.8. The van der Waals surface area contributed by atoms with Gasteiger partial charge < -0.3 is 14.5 Å². The van der Waals surface area contributed by atoms with Gasteiger partial charge in [-0.05, 0) is 31.6 Å². The highest BCUT2D eigenvalue weighted by Gasteiger charge is 2.25.